The highest BCUT2D eigenvalue weighted by Crippen LogP contribution is 2.37. The van der Waals surface area contributed by atoms with Crippen LogP contribution < -0.4 is 25.3 Å². The number of nitro groups is 1. The molecule has 1 amide bonds. The Hall–Kier alpha value is -9.75. The molecule has 0 radical (unpaired) electrons. The van der Waals surface area contributed by atoms with Crippen molar-refractivity contribution in [2.24, 2.45) is 21.1 Å². The lowest BCUT2D eigenvalue weighted by atomic mass is 9.86. The third-order valence-corrected chi connectivity index (χ3v) is 18.9. The molecule has 1 saturated heterocycles. The molecule has 0 spiro atoms. The van der Waals surface area contributed by atoms with Crippen LogP contribution in [-0.4, -0.2) is 115 Å². The normalized spacial score (nSPS) is 12.9. The number of aryl methyl sites for hydroxylation is 3. The number of sulfone groups is 1. The van der Waals surface area contributed by atoms with Crippen LogP contribution in [0.5, 0.6) is 17.4 Å². The number of aromatic amines is 1. The highest BCUT2D eigenvalue weighted by molar-refractivity contribution is 7.90. The van der Waals surface area contributed by atoms with Crippen LogP contribution in [-0.2, 0) is 84.5 Å². The van der Waals surface area contributed by atoms with E-state index < -0.39 is 21.5 Å². The van der Waals surface area contributed by atoms with Crippen LogP contribution in [0.3, 0.4) is 0 Å². The molecular weight excluding hydrogens is 1480 g/mol. The Labute approximate surface area is 683 Å². The summed E-state index contributed by atoms with van der Waals surface area (Å²) in [5.74, 6) is 1.81. The molecule has 0 aliphatic carbocycles. The molecule has 632 valence electrons. The molecule has 0 bridgehead atoms. The largest absolute Gasteiger partial charge is 0.481 e. The van der Waals surface area contributed by atoms with Crippen molar-refractivity contribution in [1.29, 1.82) is 0 Å². The van der Waals surface area contributed by atoms with Crippen molar-refractivity contribution >= 4 is 21.4 Å². The number of nitro benzene ring substituents is 1. The van der Waals surface area contributed by atoms with Gasteiger partial charge in [-0.2, -0.15) is 4.80 Å². The van der Waals surface area contributed by atoms with Crippen molar-refractivity contribution < 1.29 is 45.9 Å². The van der Waals surface area contributed by atoms with Gasteiger partial charge in [0.1, 0.15) is 16.5 Å². The van der Waals surface area contributed by atoms with Crippen LogP contribution in [0, 0.1) is 21.7 Å². The van der Waals surface area contributed by atoms with Gasteiger partial charge in [0.25, 0.3) is 17.2 Å². The number of morpholine rings is 1. The molecule has 0 unspecified atom stereocenters. The van der Waals surface area contributed by atoms with Crippen LogP contribution >= 0.6 is 0 Å². The number of hydrogen-bond acceptors (Lipinski definition) is 16. The number of H-pyrrole nitrogens is 1. The van der Waals surface area contributed by atoms with Crippen LogP contribution in [0.2, 0.25) is 0 Å². The van der Waals surface area contributed by atoms with E-state index >= 15 is 0 Å². The summed E-state index contributed by atoms with van der Waals surface area (Å²) in [4.78, 5) is 58.1. The van der Waals surface area contributed by atoms with E-state index in [1.807, 2.05) is 102 Å². The predicted octanol–water partition coefficient (Wildman–Crippen LogP) is 18.7. The monoisotopic (exact) mass is 1610 g/mol. The molecular formula is C90H131F2N11O11S. The van der Waals surface area contributed by atoms with Gasteiger partial charge in [0.2, 0.25) is 18.2 Å². The quantitative estimate of drug-likeness (QED) is 0.127. The van der Waals surface area contributed by atoms with Gasteiger partial charge in [-0.1, -0.05) is 217 Å². The molecule has 1 N–H and O–H groups in total. The Balaban J connectivity index is 0.000000337. The van der Waals surface area contributed by atoms with E-state index in [4.69, 9.17) is 18.9 Å². The fraction of sp³-hybridized carbons (Fsp3) is 0.511. The summed E-state index contributed by atoms with van der Waals surface area (Å²) in [6.07, 6.45) is 10.2. The molecule has 115 heavy (non-hydrogen) atoms. The van der Waals surface area contributed by atoms with E-state index in [9.17, 15) is 41.7 Å². The molecule has 0 atom stereocenters. The molecule has 2 aliphatic rings. The predicted molar refractivity (Wildman–Crippen MR) is 458 cm³/mol. The van der Waals surface area contributed by atoms with Crippen LogP contribution in [0.4, 0.5) is 14.5 Å². The number of benzene rings is 4. The van der Waals surface area contributed by atoms with Crippen molar-refractivity contribution in [2.75, 3.05) is 46.5 Å². The van der Waals surface area contributed by atoms with E-state index in [1.165, 1.54) is 34.1 Å². The summed E-state index contributed by atoms with van der Waals surface area (Å²) in [6.45, 7) is 58.9. The van der Waals surface area contributed by atoms with Gasteiger partial charge in [0.05, 0.1) is 49.9 Å². The number of carbonyl (C=O) groups excluding carboxylic acids is 1. The molecule has 7 heterocycles. The Morgan fingerprint density at radius 2 is 1.03 bits per heavy atom. The highest BCUT2D eigenvalue weighted by Gasteiger charge is 2.27. The van der Waals surface area contributed by atoms with E-state index in [0.717, 1.165) is 57.1 Å². The first-order valence-electron chi connectivity index (χ1n) is 38.4. The van der Waals surface area contributed by atoms with Gasteiger partial charge in [-0.05, 0) is 137 Å². The summed E-state index contributed by atoms with van der Waals surface area (Å²) >= 11 is 0. The first-order chi connectivity index (χ1) is 52.4. The third-order valence-electron chi connectivity index (χ3n) is 17.8. The number of methoxy groups -OCH3 is 1. The number of tetrazole rings is 1. The van der Waals surface area contributed by atoms with Gasteiger partial charge in [0, 0.05) is 99.4 Å². The van der Waals surface area contributed by atoms with Crippen LogP contribution in [0.15, 0.2) is 161 Å². The molecule has 22 nitrogen and oxygen atoms in total. The molecule has 25 heteroatoms. The number of non-ortho nitro benzene ring substituents is 1. The molecule has 5 aromatic heterocycles. The molecule has 11 rings (SSSR count). The Kier molecular flexibility index (Phi) is 35.6. The number of carbonyl (C=O) groups is 1. The van der Waals surface area contributed by atoms with E-state index in [1.54, 1.807) is 91.6 Å². The SMILES string of the molecule is CC(C)(C)c1cc[nH]c(=O)c1.CC(C)(C)c1ccc(C(=O)N2CCOCC2)c(F)c1.CC(C)(C)c1ccc(F)c(S(C)(=O)=O)c1.CC(C)(C)c1ccc([N+](=O)[O-])cc1.CC(C)(C)c1ccc2c(c1)OCO2.COc1cc(C(C)(C)C)ccn1.Cn1ccc(C(C)(C)C)cc1=O.Cn1cnc(C(C)(C)C)c1.Cn1nnc(C(C)(C)C)n1. The summed E-state index contributed by atoms with van der Waals surface area (Å²) in [7, 11) is 3.66. The lowest BCUT2D eigenvalue weighted by Crippen LogP contribution is -2.41. The zero-order valence-electron chi connectivity index (χ0n) is 74.5. The minimum Gasteiger partial charge on any atom is -0.481 e. The second kappa shape index (κ2) is 41.2. The minimum absolute atomic E-state index is 0.00819. The first-order valence-corrected chi connectivity index (χ1v) is 40.3. The summed E-state index contributed by atoms with van der Waals surface area (Å²) < 4.78 is 74.3. The smallest absolute Gasteiger partial charge is 0.269 e. The van der Waals surface area contributed by atoms with Crippen molar-refractivity contribution in [3.05, 3.63) is 245 Å². The summed E-state index contributed by atoms with van der Waals surface area (Å²) in [6, 6.07) is 33.2. The van der Waals surface area contributed by atoms with Gasteiger partial charge in [-0.25, -0.2) is 27.2 Å². The van der Waals surface area contributed by atoms with Gasteiger partial charge < -0.3 is 38.0 Å². The summed E-state index contributed by atoms with van der Waals surface area (Å²) in [5.41, 5.74) is 9.35. The average Bonchev–Trinajstić information content (AvgIpc) is 1.09. The number of pyridine rings is 3. The fourth-order valence-corrected chi connectivity index (χ4v) is 10.9. The van der Waals surface area contributed by atoms with Crippen molar-refractivity contribution in [3.8, 4) is 17.4 Å². The zero-order valence-corrected chi connectivity index (χ0v) is 75.3. The van der Waals surface area contributed by atoms with Gasteiger partial charge in [0.15, 0.2) is 27.2 Å². The van der Waals surface area contributed by atoms with Crippen molar-refractivity contribution in [3.63, 3.8) is 0 Å². The number of halogens is 2. The number of aromatic nitrogens is 9. The van der Waals surface area contributed by atoms with Gasteiger partial charge in [-0.15, -0.1) is 10.2 Å². The Morgan fingerprint density at radius 3 is 1.44 bits per heavy atom. The maximum atomic E-state index is 14.1. The number of rotatable bonds is 4. The summed E-state index contributed by atoms with van der Waals surface area (Å²) in [5, 5.41) is 22.1. The van der Waals surface area contributed by atoms with Crippen molar-refractivity contribution in [1.82, 2.24) is 49.2 Å². The third kappa shape index (κ3) is 34.3. The fourth-order valence-electron chi connectivity index (χ4n) is 10.1. The molecule has 9 aromatic rings. The number of nitrogens with zero attached hydrogens (tertiary/aromatic N) is 10. The molecule has 2 aliphatic heterocycles. The zero-order chi connectivity index (χ0) is 88.0. The highest BCUT2D eigenvalue weighted by atomic mass is 32.2. The van der Waals surface area contributed by atoms with E-state index in [0.29, 0.717) is 39.0 Å². The van der Waals surface area contributed by atoms with Crippen LogP contribution in [0.25, 0.3) is 0 Å². The number of imidazole rings is 1. The second-order valence-corrected chi connectivity index (χ2v) is 39.5. The maximum absolute atomic E-state index is 14.1. The Bertz CT molecular complexity index is 4770. The maximum Gasteiger partial charge on any atom is 0.269 e. The van der Waals surface area contributed by atoms with Gasteiger partial charge >= 0.3 is 0 Å². The first kappa shape index (κ1) is 99.4. The number of nitrogens with one attached hydrogen (secondary N) is 1. The lowest BCUT2D eigenvalue weighted by molar-refractivity contribution is -0.384. The molecule has 0 saturated carbocycles. The van der Waals surface area contributed by atoms with E-state index in [-0.39, 0.29) is 86.8 Å². The number of hydrogen-bond donors (Lipinski definition) is 1. The number of ether oxygens (including phenoxy) is 4. The lowest BCUT2D eigenvalue weighted by Gasteiger charge is -2.27. The van der Waals surface area contributed by atoms with Crippen molar-refractivity contribution in [2.45, 2.75) is 241 Å². The van der Waals surface area contributed by atoms with Crippen LogP contribution in [0.1, 0.15) is 248 Å². The second-order valence-electron chi connectivity index (χ2n) is 37.6. The van der Waals surface area contributed by atoms with Gasteiger partial charge in [-0.3, -0.25) is 24.5 Å². The standard InChI is InChI=1S/C15H20FNO2.C11H15FO2S.C11H14O2.C10H13NO2.2C10H15NO.C9H13NO.C8H14N2.C6H12N4/c1-15(2,3)11-4-5-12(13(16)10-11)14(18)17-6-8-19-9-7-17;1-11(2,3)8-5-6-9(12)10(7-8)15(4,13)14;1-11(2,3)8-4-5-9-10(6-8)13-7-12-9;1-10(2,3)8-4-6-9(7-5-8)11(12)13;1-10(2,3)8-5-6-11-9(7-8)12-4;1-10(2,3)8-5-6-11(4)9(12)7-8;1-9(2,3)7-4-5-10-8(11)6-7;1-8(2,3)7-5-10(4)6-9-7;1-6(2,3)5-7-9-10(4)8-5/h4-5,10H,6-9H2,1-3H3;5-7H,1-4H3;4-6H,7H2,1-3H3;4-7H,1-3H3;2*5-7H,1-4H3;4-6H,1-3H3,(H,10,11);5-6H,1-4H3;1-4H3. The number of fused-ring (bicyclic) bond motifs is 1. The van der Waals surface area contributed by atoms with E-state index in [2.05, 4.69) is 194 Å². The average molecular weight is 1610 g/mol. The number of amides is 1. The molecule has 4 aromatic carbocycles. The topological polar surface area (TPSA) is 264 Å². The molecule has 1 fully saturated rings. The minimum atomic E-state index is -3.49. The Morgan fingerprint density at radius 1 is 0.548 bits per heavy atom.